The van der Waals surface area contributed by atoms with Crippen LogP contribution in [-0.4, -0.2) is 12.9 Å². The molecule has 1 aliphatic heterocycles. The maximum absolute atomic E-state index is 13.4. The van der Waals surface area contributed by atoms with Gasteiger partial charge in [0, 0.05) is 5.92 Å². The van der Waals surface area contributed by atoms with Crippen LogP contribution < -0.4 is 0 Å². The Bertz CT molecular complexity index is 903. The number of rotatable bonds is 5. The molecule has 1 aliphatic rings. The summed E-state index contributed by atoms with van der Waals surface area (Å²) in [5, 5.41) is 0. The smallest absolute Gasteiger partial charge is 0.352 e. The normalized spacial score (nSPS) is 23.1. The monoisotopic (exact) mass is 462 g/mol. The van der Waals surface area contributed by atoms with Gasteiger partial charge in [0.25, 0.3) is 0 Å². The minimum atomic E-state index is -4.96. The summed E-state index contributed by atoms with van der Waals surface area (Å²) in [5.41, 5.74) is -2.45. The van der Waals surface area contributed by atoms with Crippen molar-refractivity contribution < 1.29 is 40.2 Å². The summed E-state index contributed by atoms with van der Waals surface area (Å²) in [6, 6.07) is 6.94. The van der Waals surface area contributed by atoms with Crippen LogP contribution in [0.4, 0.5) is 30.7 Å². The van der Waals surface area contributed by atoms with Gasteiger partial charge in [-0.3, -0.25) is 0 Å². The zero-order valence-electron chi connectivity index (χ0n) is 17.0. The largest absolute Gasteiger partial charge is 0.416 e. The zero-order valence-corrected chi connectivity index (χ0v) is 17.0. The summed E-state index contributed by atoms with van der Waals surface area (Å²) in [7, 11) is 0. The van der Waals surface area contributed by atoms with Gasteiger partial charge in [-0.2, -0.15) is 26.3 Å². The summed E-state index contributed by atoms with van der Waals surface area (Å²) in [4.78, 5) is 0. The first-order valence-electron chi connectivity index (χ1n) is 9.84. The highest BCUT2D eigenvalue weighted by Crippen LogP contribution is 2.41. The molecule has 0 aliphatic carbocycles. The van der Waals surface area contributed by atoms with E-state index in [9.17, 15) is 30.7 Å². The lowest BCUT2D eigenvalue weighted by Crippen LogP contribution is -2.36. The molecule has 32 heavy (non-hydrogen) atoms. The van der Waals surface area contributed by atoms with E-state index in [1.807, 2.05) is 0 Å². The van der Waals surface area contributed by atoms with Crippen molar-refractivity contribution in [2.24, 2.45) is 5.92 Å². The van der Waals surface area contributed by atoms with Crippen LogP contribution in [0.25, 0.3) is 0 Å². The molecule has 1 fully saturated rings. The first-order valence-corrected chi connectivity index (χ1v) is 9.84. The molecule has 4 atom stereocenters. The van der Waals surface area contributed by atoms with Gasteiger partial charge in [-0.15, -0.1) is 6.58 Å². The lowest BCUT2D eigenvalue weighted by atomic mass is 9.82. The predicted molar refractivity (Wildman–Crippen MR) is 103 cm³/mol. The Morgan fingerprint density at radius 1 is 1.00 bits per heavy atom. The Morgan fingerprint density at radius 3 is 2.06 bits per heavy atom. The number of ether oxygens (including phenoxy) is 2. The van der Waals surface area contributed by atoms with Crippen LogP contribution in [-0.2, 0) is 21.8 Å². The van der Waals surface area contributed by atoms with E-state index >= 15 is 0 Å². The number of halogens is 7. The number of benzene rings is 2. The van der Waals surface area contributed by atoms with Gasteiger partial charge in [0.15, 0.2) is 6.29 Å². The molecule has 174 valence electrons. The molecule has 1 saturated heterocycles. The van der Waals surface area contributed by atoms with E-state index in [1.54, 1.807) is 6.08 Å². The third kappa shape index (κ3) is 5.50. The number of allylic oxidation sites excluding steroid dienone is 1. The third-order valence-corrected chi connectivity index (χ3v) is 5.46. The number of alkyl halides is 6. The van der Waals surface area contributed by atoms with Crippen molar-refractivity contribution >= 4 is 0 Å². The van der Waals surface area contributed by atoms with Crippen molar-refractivity contribution in [3.8, 4) is 0 Å². The van der Waals surface area contributed by atoms with Crippen molar-refractivity contribution in [3.63, 3.8) is 0 Å². The van der Waals surface area contributed by atoms with E-state index in [0.717, 1.165) is 0 Å². The second-order valence-corrected chi connectivity index (χ2v) is 7.62. The molecule has 0 radical (unpaired) electrons. The van der Waals surface area contributed by atoms with E-state index in [0.29, 0.717) is 24.1 Å². The van der Waals surface area contributed by atoms with Crippen molar-refractivity contribution in [2.75, 3.05) is 6.61 Å². The van der Waals surface area contributed by atoms with Crippen molar-refractivity contribution in [1.82, 2.24) is 0 Å². The maximum atomic E-state index is 13.4. The molecule has 0 aromatic heterocycles. The topological polar surface area (TPSA) is 18.5 Å². The zero-order chi connectivity index (χ0) is 23.7. The van der Waals surface area contributed by atoms with Crippen LogP contribution >= 0.6 is 0 Å². The molecular weight excluding hydrogens is 441 g/mol. The highest BCUT2D eigenvalue weighted by molar-refractivity contribution is 5.35. The number of hydrogen-bond donors (Lipinski definition) is 0. The average molecular weight is 462 g/mol. The Kier molecular flexibility index (Phi) is 7.00. The fourth-order valence-corrected chi connectivity index (χ4v) is 3.78. The van der Waals surface area contributed by atoms with Crippen molar-refractivity contribution in [1.29, 1.82) is 0 Å². The van der Waals surface area contributed by atoms with Crippen molar-refractivity contribution in [2.45, 2.75) is 44.0 Å². The Labute approximate surface area is 180 Å². The predicted octanol–water partition coefficient (Wildman–Crippen LogP) is 7.27. The highest BCUT2D eigenvalue weighted by atomic mass is 19.4. The molecule has 0 spiro atoms. The first kappa shape index (κ1) is 24.3. The van der Waals surface area contributed by atoms with E-state index in [-0.39, 0.29) is 24.2 Å². The molecule has 0 amide bonds. The van der Waals surface area contributed by atoms with Crippen LogP contribution in [0.1, 0.15) is 47.6 Å². The average Bonchev–Trinajstić information content (AvgIpc) is 2.72. The molecule has 0 saturated carbocycles. The standard InChI is InChI=1S/C23H21F7O2/c1-3-14-8-9-31-21(20(14)15-4-6-19(24)7-5-15)32-13(2)16-10-17(22(25,26)27)12-18(11-16)23(28,29)30/h3-7,10-14,20-21H,1,8-9H2,2H3/t13-,14+,20-,21-/m1/s1. The first-order chi connectivity index (χ1) is 14.9. The molecule has 0 N–H and O–H groups in total. The summed E-state index contributed by atoms with van der Waals surface area (Å²) in [6.45, 7) is 5.42. The maximum Gasteiger partial charge on any atom is 0.416 e. The molecular formula is C23H21F7O2. The fraction of sp³-hybridized carbons (Fsp3) is 0.391. The lowest BCUT2D eigenvalue weighted by molar-refractivity contribution is -0.205. The van der Waals surface area contributed by atoms with Crippen LogP contribution in [0.3, 0.4) is 0 Å². The Hall–Kier alpha value is -2.39. The lowest BCUT2D eigenvalue weighted by Gasteiger charge is -2.38. The molecule has 3 rings (SSSR count). The number of hydrogen-bond acceptors (Lipinski definition) is 2. The fourth-order valence-electron chi connectivity index (χ4n) is 3.78. The summed E-state index contributed by atoms with van der Waals surface area (Å²) in [6.07, 6.45) is -9.76. The van der Waals surface area contributed by atoms with Gasteiger partial charge in [0.05, 0.1) is 23.8 Å². The van der Waals surface area contributed by atoms with E-state index < -0.39 is 47.6 Å². The van der Waals surface area contributed by atoms with Gasteiger partial charge in [0.1, 0.15) is 5.82 Å². The van der Waals surface area contributed by atoms with Crippen LogP contribution in [0.5, 0.6) is 0 Å². The minimum Gasteiger partial charge on any atom is -0.352 e. The molecule has 0 bridgehead atoms. The molecule has 2 nitrogen and oxygen atoms in total. The van der Waals surface area contributed by atoms with Crippen LogP contribution in [0, 0.1) is 11.7 Å². The van der Waals surface area contributed by atoms with Gasteiger partial charge in [-0.1, -0.05) is 18.2 Å². The minimum absolute atomic E-state index is 0.0718. The van der Waals surface area contributed by atoms with E-state index in [1.165, 1.54) is 31.2 Å². The summed E-state index contributed by atoms with van der Waals surface area (Å²) in [5.74, 6) is -1.05. The van der Waals surface area contributed by atoms with Crippen LogP contribution in [0.15, 0.2) is 55.1 Å². The van der Waals surface area contributed by atoms with E-state index in [4.69, 9.17) is 9.47 Å². The van der Waals surface area contributed by atoms with Gasteiger partial charge in [-0.05, 0) is 60.7 Å². The van der Waals surface area contributed by atoms with Gasteiger partial charge in [-0.25, -0.2) is 4.39 Å². The van der Waals surface area contributed by atoms with Gasteiger partial charge < -0.3 is 9.47 Å². The second-order valence-electron chi connectivity index (χ2n) is 7.62. The second kappa shape index (κ2) is 9.23. The van der Waals surface area contributed by atoms with Gasteiger partial charge in [0.2, 0.25) is 0 Å². The molecule has 1 heterocycles. The summed E-state index contributed by atoms with van der Waals surface area (Å²) >= 11 is 0. The molecule has 9 heteroatoms. The van der Waals surface area contributed by atoms with Crippen molar-refractivity contribution in [3.05, 3.63) is 83.2 Å². The molecule has 0 unspecified atom stereocenters. The Balaban J connectivity index is 1.94. The Morgan fingerprint density at radius 2 is 1.56 bits per heavy atom. The highest BCUT2D eigenvalue weighted by Gasteiger charge is 2.39. The van der Waals surface area contributed by atoms with Gasteiger partial charge >= 0.3 is 12.4 Å². The third-order valence-electron chi connectivity index (χ3n) is 5.46. The SMILES string of the molecule is C=C[C@H]1CCO[C@H](O[C@H](C)c2cc(C(F)(F)F)cc(C(F)(F)F)c2)[C@H]1c1ccc(F)cc1. The molecule has 2 aromatic carbocycles. The quantitative estimate of drug-likeness (QED) is 0.344. The molecule has 2 aromatic rings. The summed E-state index contributed by atoms with van der Waals surface area (Å²) < 4.78 is 104. The van der Waals surface area contributed by atoms with E-state index in [2.05, 4.69) is 6.58 Å². The van der Waals surface area contributed by atoms with Crippen LogP contribution in [0.2, 0.25) is 0 Å².